The van der Waals surface area contributed by atoms with Crippen LogP contribution in [0.1, 0.15) is 92.9 Å². The number of nitrogens with one attached hydrogen (secondary N) is 2. The second-order valence-electron chi connectivity index (χ2n) is 15.5. The van der Waals surface area contributed by atoms with Gasteiger partial charge in [-0.1, -0.05) is 18.0 Å². The summed E-state index contributed by atoms with van der Waals surface area (Å²) in [4.78, 5) is 41.6. The molecule has 6 rings (SSSR count). The molecule has 324 valence electrons. The van der Waals surface area contributed by atoms with Crippen molar-refractivity contribution in [3.05, 3.63) is 112 Å². The van der Waals surface area contributed by atoms with E-state index in [9.17, 15) is 19.6 Å². The fourth-order valence-corrected chi connectivity index (χ4v) is 8.32. The number of hydrogen-bond acceptors (Lipinski definition) is 7. The second-order valence-corrected chi connectivity index (χ2v) is 16.0. The predicted octanol–water partition coefficient (Wildman–Crippen LogP) is 8.87. The maximum absolute atomic E-state index is 13.6. The van der Waals surface area contributed by atoms with Gasteiger partial charge in [0.15, 0.2) is 0 Å². The van der Waals surface area contributed by atoms with Gasteiger partial charge in [0.2, 0.25) is 17.2 Å². The van der Waals surface area contributed by atoms with Crippen LogP contribution in [0.2, 0.25) is 5.02 Å². The average Bonchev–Trinajstić information content (AvgIpc) is 3.55. The fourth-order valence-electron chi connectivity index (χ4n) is 8.19. The van der Waals surface area contributed by atoms with E-state index in [1.54, 1.807) is 35.9 Å². The third-order valence-electron chi connectivity index (χ3n) is 11.7. The van der Waals surface area contributed by atoms with E-state index in [0.29, 0.717) is 64.0 Å². The molecule has 2 N–H and O–H groups in total. The Bertz CT molecular complexity index is 2620. The van der Waals surface area contributed by atoms with Gasteiger partial charge in [-0.25, -0.2) is 4.58 Å². The minimum absolute atomic E-state index is 0.0603. The summed E-state index contributed by atoms with van der Waals surface area (Å²) in [5.74, 6) is 1.10. The number of carbonyl (C=O) groups excluding carboxylic acids is 3. The zero-order valence-electron chi connectivity index (χ0n) is 36.6. The van der Waals surface area contributed by atoms with Crippen LogP contribution >= 0.6 is 11.6 Å². The van der Waals surface area contributed by atoms with Gasteiger partial charge < -0.3 is 24.7 Å². The first-order chi connectivity index (χ1) is 30.1. The van der Waals surface area contributed by atoms with E-state index < -0.39 is 0 Å². The number of nitrogens with zero attached hydrogens (tertiary/aromatic N) is 4. The number of aromatic nitrogens is 1. The molecular weight excluding hydrogens is 800 g/mol. The van der Waals surface area contributed by atoms with Gasteiger partial charge in [0.05, 0.1) is 30.7 Å². The minimum atomic E-state index is -0.197. The van der Waals surface area contributed by atoms with Crippen LogP contribution in [-0.2, 0) is 16.0 Å². The maximum atomic E-state index is 13.6. The first-order valence-electron chi connectivity index (χ1n) is 21.9. The van der Waals surface area contributed by atoms with Crippen molar-refractivity contribution < 1.29 is 23.5 Å². The van der Waals surface area contributed by atoms with Gasteiger partial charge in [0.25, 0.3) is 5.91 Å². The molecule has 0 saturated heterocycles. The summed E-state index contributed by atoms with van der Waals surface area (Å²) < 4.78 is 15.7. The van der Waals surface area contributed by atoms with Crippen LogP contribution in [0.5, 0.6) is 5.75 Å². The molecular formula is C50H58ClN6O5+. The van der Waals surface area contributed by atoms with Crippen LogP contribution in [0.25, 0.3) is 33.2 Å². The van der Waals surface area contributed by atoms with Crippen LogP contribution in [0, 0.1) is 18.3 Å². The van der Waals surface area contributed by atoms with E-state index in [1.165, 1.54) is 0 Å². The molecule has 0 saturated carbocycles. The normalized spacial score (nSPS) is 11.2. The summed E-state index contributed by atoms with van der Waals surface area (Å²) >= 11 is 6.06. The smallest absolute Gasteiger partial charge is 0.262 e. The highest BCUT2D eigenvalue weighted by atomic mass is 35.5. The number of carbonyl (C=O) groups is 3. The topological polar surface area (TPSA) is 133 Å². The van der Waals surface area contributed by atoms with Crippen molar-refractivity contribution >= 4 is 56.9 Å². The van der Waals surface area contributed by atoms with Crippen molar-refractivity contribution in [1.82, 2.24) is 19.8 Å². The molecule has 0 radical (unpaired) electrons. The maximum Gasteiger partial charge on any atom is 0.262 e. The molecule has 0 spiro atoms. The molecule has 1 aromatic heterocycles. The number of benzene rings is 4. The van der Waals surface area contributed by atoms with E-state index in [1.807, 2.05) is 43.3 Å². The standard InChI is InChI=1S/C50H57ClN6O5/c1-6-55(7-2)38-20-23-40-44(33-52)43-29-37(21-25-46(43)62-47(40)30-38)56(8-3)28-14-9-11-15-48(58)53-26-12-10-13-27-54-49(59)32-41-34(4)57(45-24-22-39(61-5)31-42(41)45)50(60)35-16-18-36(51)19-17-35/h16-25,29-31H,6-15,26-28,32H2,1-5H3,(H-,53,54,58,59)/p+1. The van der Waals surface area contributed by atoms with Crippen LogP contribution in [-0.4, -0.2) is 68.7 Å². The van der Waals surface area contributed by atoms with Crippen LogP contribution in [0.4, 0.5) is 5.69 Å². The van der Waals surface area contributed by atoms with Crippen molar-refractivity contribution in [2.45, 2.75) is 79.1 Å². The van der Waals surface area contributed by atoms with Gasteiger partial charge in [0, 0.05) is 77.0 Å². The molecule has 1 aliphatic heterocycles. The van der Waals surface area contributed by atoms with Gasteiger partial charge in [-0.05, 0) is 132 Å². The van der Waals surface area contributed by atoms with Crippen molar-refractivity contribution in [3.63, 3.8) is 0 Å². The van der Waals surface area contributed by atoms with E-state index in [4.69, 9.17) is 20.8 Å². The van der Waals surface area contributed by atoms with Gasteiger partial charge in [0.1, 0.15) is 36.3 Å². The number of hydrogen-bond donors (Lipinski definition) is 2. The quantitative estimate of drug-likeness (QED) is 0.0446. The monoisotopic (exact) mass is 857 g/mol. The van der Waals surface area contributed by atoms with E-state index in [-0.39, 0.29) is 24.1 Å². The highest BCUT2D eigenvalue weighted by molar-refractivity contribution is 6.30. The highest BCUT2D eigenvalue weighted by Gasteiger charge is 2.23. The molecule has 0 bridgehead atoms. The average molecular weight is 859 g/mol. The number of halogens is 1. The van der Waals surface area contributed by atoms with Crippen molar-refractivity contribution in [2.24, 2.45) is 0 Å². The molecule has 2 aliphatic rings. The molecule has 62 heavy (non-hydrogen) atoms. The zero-order valence-corrected chi connectivity index (χ0v) is 37.4. The Morgan fingerprint density at radius 1 is 0.839 bits per heavy atom. The lowest BCUT2D eigenvalue weighted by Gasteiger charge is -2.24. The van der Waals surface area contributed by atoms with Crippen LogP contribution in [0.15, 0.2) is 83.3 Å². The second kappa shape index (κ2) is 21.6. The molecule has 12 heteroatoms. The fraction of sp³-hybridized carbons (Fsp3) is 0.380. The first-order valence-corrected chi connectivity index (χ1v) is 22.2. The number of unbranched alkanes of at least 4 members (excludes halogenated alkanes) is 4. The lowest BCUT2D eigenvalue weighted by atomic mass is 10.00. The molecule has 0 fully saturated rings. The van der Waals surface area contributed by atoms with Crippen LogP contribution < -0.4 is 30.2 Å². The number of rotatable bonds is 20. The molecule has 11 nitrogen and oxygen atoms in total. The number of fused-ring (bicyclic) bond motifs is 3. The summed E-state index contributed by atoms with van der Waals surface area (Å²) in [6.45, 7) is 12.8. The van der Waals surface area contributed by atoms with Crippen molar-refractivity contribution in [3.8, 4) is 23.1 Å². The van der Waals surface area contributed by atoms with E-state index >= 15 is 0 Å². The SMILES string of the molecule is CCN(CCCCCC(=O)NCCCCCNC(=O)Cc1c(C)n(C(=O)c2ccc(Cl)cc2)c2ccc(OC)cc12)c1ccc2oc3cc(=[N+](CC)CC)ccc-3c(C#N)c2c1. The van der Waals surface area contributed by atoms with Gasteiger partial charge >= 0.3 is 0 Å². The molecule has 1 aliphatic carbocycles. The third-order valence-corrected chi connectivity index (χ3v) is 11.9. The van der Waals surface area contributed by atoms with Crippen molar-refractivity contribution in [2.75, 3.05) is 51.3 Å². The van der Waals surface area contributed by atoms with Crippen LogP contribution in [0.3, 0.4) is 0 Å². The predicted molar refractivity (Wildman–Crippen MR) is 248 cm³/mol. The Morgan fingerprint density at radius 2 is 1.56 bits per heavy atom. The molecule has 2 amide bonds. The van der Waals surface area contributed by atoms with Gasteiger partial charge in [-0.2, -0.15) is 5.26 Å². The lowest BCUT2D eigenvalue weighted by molar-refractivity contribution is -0.121. The summed E-state index contributed by atoms with van der Waals surface area (Å²) in [6.07, 6.45) is 5.79. The Balaban J connectivity index is 0.904. The Morgan fingerprint density at radius 3 is 2.26 bits per heavy atom. The Kier molecular flexibility index (Phi) is 15.8. The summed E-state index contributed by atoms with van der Waals surface area (Å²) in [5.41, 5.74) is 5.87. The molecule has 0 atom stereocenters. The van der Waals surface area contributed by atoms with Gasteiger partial charge in [-0.3, -0.25) is 19.0 Å². The van der Waals surface area contributed by atoms with E-state index in [0.717, 1.165) is 97.6 Å². The number of nitriles is 1. The minimum Gasteiger partial charge on any atom is -0.497 e. The number of anilines is 1. The zero-order chi connectivity index (χ0) is 44.2. The molecule has 0 unspecified atom stereocenters. The number of ether oxygens (including phenoxy) is 1. The summed E-state index contributed by atoms with van der Waals surface area (Å²) in [7, 11) is 1.59. The van der Waals surface area contributed by atoms with Crippen molar-refractivity contribution in [1.29, 1.82) is 5.26 Å². The van der Waals surface area contributed by atoms with E-state index in [2.05, 4.69) is 65.1 Å². The molecule has 2 heterocycles. The highest BCUT2D eigenvalue weighted by Crippen LogP contribution is 2.35. The Hall–Kier alpha value is -6.12. The summed E-state index contributed by atoms with van der Waals surface area (Å²) in [6, 6.07) is 26.9. The first kappa shape index (κ1) is 45.4. The summed E-state index contributed by atoms with van der Waals surface area (Å²) in [5, 5.41) is 19.5. The number of amides is 2. The lowest BCUT2D eigenvalue weighted by Crippen LogP contribution is -2.29. The Labute approximate surface area is 369 Å². The number of methoxy groups -OCH3 is 1. The largest absolute Gasteiger partial charge is 0.497 e. The molecule has 4 aromatic rings. The van der Waals surface area contributed by atoms with Gasteiger partial charge in [-0.15, -0.1) is 0 Å². The third kappa shape index (κ3) is 10.7. The molecule has 3 aromatic carbocycles.